The van der Waals surface area contributed by atoms with Crippen LogP contribution in [-0.4, -0.2) is 18.6 Å². The van der Waals surface area contributed by atoms with Crippen molar-refractivity contribution in [3.8, 4) is 5.75 Å². The van der Waals surface area contributed by atoms with Crippen LogP contribution in [0.2, 0.25) is 0 Å². The lowest BCUT2D eigenvalue weighted by Crippen LogP contribution is -2.29. The molecular weight excluding hydrogens is 206 g/mol. The van der Waals surface area contributed by atoms with Gasteiger partial charge in [0.15, 0.2) is 0 Å². The van der Waals surface area contributed by atoms with Crippen LogP contribution in [0.4, 0.5) is 0 Å². The monoisotopic (exact) mass is 223 g/mol. The van der Waals surface area contributed by atoms with E-state index < -0.39 is 0 Å². The topological polar surface area (TPSA) is 35.2 Å². The van der Waals surface area contributed by atoms with Crippen LogP contribution in [-0.2, 0) is 6.42 Å². The molecule has 0 fully saturated rings. The van der Waals surface area contributed by atoms with Crippen LogP contribution in [0.1, 0.15) is 23.6 Å². The zero-order valence-electron chi connectivity index (χ0n) is 9.19. The fraction of sp³-hybridized carbons (Fsp3) is 0.500. The van der Waals surface area contributed by atoms with E-state index in [1.54, 1.807) is 7.11 Å². The Kier molecular flexibility index (Phi) is 3.22. The minimum absolute atomic E-state index is 0.176. The number of ether oxygens (including phenoxy) is 1. The predicted molar refractivity (Wildman–Crippen MR) is 65.5 cm³/mol. The number of thioether (sulfide) groups is 1. The van der Waals surface area contributed by atoms with Crippen molar-refractivity contribution >= 4 is 11.8 Å². The third kappa shape index (κ3) is 1.99. The average Bonchev–Trinajstić information content (AvgIpc) is 2.29. The van der Waals surface area contributed by atoms with Crippen LogP contribution in [0.3, 0.4) is 0 Å². The number of nitrogens with two attached hydrogens (primary N) is 1. The maximum Gasteiger partial charge on any atom is 0.119 e. The molecule has 15 heavy (non-hydrogen) atoms. The highest BCUT2D eigenvalue weighted by atomic mass is 32.2. The van der Waals surface area contributed by atoms with Gasteiger partial charge in [-0.3, -0.25) is 0 Å². The highest BCUT2D eigenvalue weighted by molar-refractivity contribution is 7.99. The Balaban J connectivity index is 2.33. The van der Waals surface area contributed by atoms with Crippen molar-refractivity contribution in [2.45, 2.75) is 24.1 Å². The van der Waals surface area contributed by atoms with E-state index in [-0.39, 0.29) is 6.04 Å². The fourth-order valence-corrected chi connectivity index (χ4v) is 2.99. The van der Waals surface area contributed by atoms with Crippen molar-refractivity contribution in [3.05, 3.63) is 29.3 Å². The van der Waals surface area contributed by atoms with Gasteiger partial charge in [0.05, 0.1) is 7.11 Å². The zero-order chi connectivity index (χ0) is 10.8. The van der Waals surface area contributed by atoms with Crippen molar-refractivity contribution in [2.24, 2.45) is 5.73 Å². The molecule has 0 saturated carbocycles. The van der Waals surface area contributed by atoms with Gasteiger partial charge in [0.2, 0.25) is 0 Å². The summed E-state index contributed by atoms with van der Waals surface area (Å²) < 4.78 is 5.22. The van der Waals surface area contributed by atoms with E-state index in [9.17, 15) is 0 Å². The number of benzene rings is 1. The third-order valence-electron chi connectivity index (χ3n) is 3.11. The first kappa shape index (κ1) is 10.8. The number of fused-ring (bicyclic) bond motifs is 1. The first-order chi connectivity index (χ1) is 7.26. The molecule has 2 unspecified atom stereocenters. The van der Waals surface area contributed by atoms with E-state index in [1.165, 1.54) is 17.5 Å². The molecule has 0 radical (unpaired) electrons. The number of hydrogen-bond donors (Lipinski definition) is 1. The Morgan fingerprint density at radius 1 is 1.47 bits per heavy atom. The summed E-state index contributed by atoms with van der Waals surface area (Å²) in [5.41, 5.74) is 8.88. The molecule has 1 aromatic carbocycles. The van der Waals surface area contributed by atoms with E-state index in [0.29, 0.717) is 5.25 Å². The van der Waals surface area contributed by atoms with Crippen LogP contribution in [0.5, 0.6) is 5.75 Å². The first-order valence-electron chi connectivity index (χ1n) is 5.21. The number of aryl methyl sites for hydroxylation is 1. The third-order valence-corrected chi connectivity index (χ3v) is 4.25. The summed E-state index contributed by atoms with van der Waals surface area (Å²) in [6.45, 7) is 0. The molecule has 0 amide bonds. The lowest BCUT2D eigenvalue weighted by molar-refractivity contribution is 0.413. The van der Waals surface area contributed by atoms with Gasteiger partial charge < -0.3 is 10.5 Å². The smallest absolute Gasteiger partial charge is 0.119 e. The molecule has 0 heterocycles. The summed E-state index contributed by atoms with van der Waals surface area (Å²) in [5, 5.41) is 0.561. The van der Waals surface area contributed by atoms with E-state index in [1.807, 2.05) is 17.8 Å². The number of rotatable bonds is 2. The molecule has 1 aliphatic rings. The van der Waals surface area contributed by atoms with Crippen molar-refractivity contribution in [1.29, 1.82) is 0 Å². The SMILES string of the molecule is COc1ccc2c(c1)CCC(SC)C2N. The summed E-state index contributed by atoms with van der Waals surface area (Å²) in [6, 6.07) is 6.41. The normalized spacial score (nSPS) is 24.7. The molecule has 82 valence electrons. The quantitative estimate of drug-likeness (QED) is 0.836. The maximum absolute atomic E-state index is 6.23. The minimum atomic E-state index is 0.176. The minimum Gasteiger partial charge on any atom is -0.497 e. The van der Waals surface area contributed by atoms with Crippen LogP contribution in [0, 0.1) is 0 Å². The molecule has 2 N–H and O–H groups in total. The Labute approximate surface area is 95.2 Å². The van der Waals surface area contributed by atoms with Crippen LogP contribution in [0.15, 0.2) is 18.2 Å². The number of methoxy groups -OCH3 is 1. The van der Waals surface area contributed by atoms with Gasteiger partial charge >= 0.3 is 0 Å². The molecule has 0 aromatic heterocycles. The lowest BCUT2D eigenvalue weighted by Gasteiger charge is -2.30. The van der Waals surface area contributed by atoms with Crippen molar-refractivity contribution in [3.63, 3.8) is 0 Å². The zero-order valence-corrected chi connectivity index (χ0v) is 10.0. The van der Waals surface area contributed by atoms with Gasteiger partial charge in [0, 0.05) is 11.3 Å². The van der Waals surface area contributed by atoms with Crippen LogP contribution < -0.4 is 10.5 Å². The van der Waals surface area contributed by atoms with Gasteiger partial charge in [-0.1, -0.05) is 6.07 Å². The van der Waals surface area contributed by atoms with Crippen molar-refractivity contribution < 1.29 is 4.74 Å². The molecule has 0 saturated heterocycles. The van der Waals surface area contributed by atoms with E-state index >= 15 is 0 Å². The van der Waals surface area contributed by atoms with Gasteiger partial charge in [-0.2, -0.15) is 11.8 Å². The maximum atomic E-state index is 6.23. The fourth-order valence-electron chi connectivity index (χ4n) is 2.19. The lowest BCUT2D eigenvalue weighted by atomic mass is 9.87. The Morgan fingerprint density at radius 3 is 2.93 bits per heavy atom. The second-order valence-corrected chi connectivity index (χ2v) is 4.98. The Bertz CT molecular complexity index is 353. The van der Waals surface area contributed by atoms with Gasteiger partial charge in [-0.15, -0.1) is 0 Å². The molecule has 0 bridgehead atoms. The number of hydrogen-bond acceptors (Lipinski definition) is 3. The Hall–Kier alpha value is -0.670. The summed E-state index contributed by atoms with van der Waals surface area (Å²) in [4.78, 5) is 0. The highest BCUT2D eigenvalue weighted by Crippen LogP contribution is 2.35. The Morgan fingerprint density at radius 2 is 2.27 bits per heavy atom. The second-order valence-electron chi connectivity index (χ2n) is 3.90. The van der Waals surface area contributed by atoms with E-state index in [2.05, 4.69) is 18.4 Å². The summed E-state index contributed by atoms with van der Waals surface area (Å²) >= 11 is 1.87. The first-order valence-corrected chi connectivity index (χ1v) is 6.50. The highest BCUT2D eigenvalue weighted by Gasteiger charge is 2.25. The molecule has 0 spiro atoms. The van der Waals surface area contributed by atoms with Gasteiger partial charge in [-0.05, 0) is 42.4 Å². The molecule has 2 rings (SSSR count). The van der Waals surface area contributed by atoms with Gasteiger partial charge in [0.1, 0.15) is 5.75 Å². The largest absolute Gasteiger partial charge is 0.497 e. The molecular formula is C12H17NOS. The molecule has 2 nitrogen and oxygen atoms in total. The molecule has 2 atom stereocenters. The van der Waals surface area contributed by atoms with Crippen molar-refractivity contribution in [1.82, 2.24) is 0 Å². The van der Waals surface area contributed by atoms with E-state index in [0.717, 1.165) is 12.2 Å². The molecule has 1 aromatic rings. The summed E-state index contributed by atoms with van der Waals surface area (Å²) in [7, 11) is 1.70. The summed E-state index contributed by atoms with van der Waals surface area (Å²) in [6.07, 6.45) is 4.42. The van der Waals surface area contributed by atoms with Gasteiger partial charge in [0.25, 0.3) is 0 Å². The summed E-state index contributed by atoms with van der Waals surface area (Å²) in [5.74, 6) is 0.934. The van der Waals surface area contributed by atoms with E-state index in [4.69, 9.17) is 10.5 Å². The average molecular weight is 223 g/mol. The van der Waals surface area contributed by atoms with Gasteiger partial charge in [-0.25, -0.2) is 0 Å². The standard InChI is InChI=1S/C12H17NOS/c1-14-9-4-5-10-8(7-9)3-6-11(15-2)12(10)13/h4-5,7,11-12H,3,6,13H2,1-2H3. The molecule has 0 aliphatic heterocycles. The molecule has 3 heteroatoms. The van der Waals surface area contributed by atoms with Crippen LogP contribution >= 0.6 is 11.8 Å². The second kappa shape index (κ2) is 4.45. The van der Waals surface area contributed by atoms with Crippen molar-refractivity contribution in [2.75, 3.05) is 13.4 Å². The molecule has 1 aliphatic carbocycles. The van der Waals surface area contributed by atoms with Crippen LogP contribution in [0.25, 0.3) is 0 Å². The predicted octanol–water partition coefficient (Wildman–Crippen LogP) is 2.37.